The standard InChI is InChI=1S/C11H21NO3/c13-11-8-14-7-10(11)12-5-6-15-9-3-1-2-4-9/h9-13H,1-8H2. The summed E-state index contributed by atoms with van der Waals surface area (Å²) in [7, 11) is 0. The molecule has 1 saturated heterocycles. The Bertz CT molecular complexity index is 183. The Morgan fingerprint density at radius 1 is 1.27 bits per heavy atom. The van der Waals surface area contributed by atoms with Crippen LogP contribution in [-0.2, 0) is 9.47 Å². The highest BCUT2D eigenvalue weighted by atomic mass is 16.5. The minimum Gasteiger partial charge on any atom is -0.389 e. The van der Waals surface area contributed by atoms with Crippen LogP contribution in [0.3, 0.4) is 0 Å². The van der Waals surface area contributed by atoms with Crippen molar-refractivity contribution in [2.24, 2.45) is 0 Å². The topological polar surface area (TPSA) is 50.7 Å². The van der Waals surface area contributed by atoms with Crippen LogP contribution in [0.15, 0.2) is 0 Å². The first-order chi connectivity index (χ1) is 7.36. The van der Waals surface area contributed by atoms with E-state index in [1.807, 2.05) is 0 Å². The quantitative estimate of drug-likeness (QED) is 0.647. The first-order valence-electron chi connectivity index (χ1n) is 5.97. The van der Waals surface area contributed by atoms with Crippen molar-refractivity contribution in [3.8, 4) is 0 Å². The van der Waals surface area contributed by atoms with Crippen molar-refractivity contribution in [3.63, 3.8) is 0 Å². The molecule has 0 aromatic carbocycles. The van der Waals surface area contributed by atoms with Gasteiger partial charge in [-0.3, -0.25) is 0 Å². The molecule has 1 aliphatic heterocycles. The van der Waals surface area contributed by atoms with Crippen LogP contribution in [0.5, 0.6) is 0 Å². The normalized spacial score (nSPS) is 32.6. The Hall–Kier alpha value is -0.160. The third kappa shape index (κ3) is 3.41. The van der Waals surface area contributed by atoms with Gasteiger partial charge in [0.2, 0.25) is 0 Å². The van der Waals surface area contributed by atoms with E-state index in [0.29, 0.717) is 19.3 Å². The summed E-state index contributed by atoms with van der Waals surface area (Å²) >= 11 is 0. The molecule has 1 saturated carbocycles. The van der Waals surface area contributed by atoms with Gasteiger partial charge in [-0.15, -0.1) is 0 Å². The maximum atomic E-state index is 9.47. The Kier molecular flexibility index (Phi) is 4.38. The third-order valence-electron chi connectivity index (χ3n) is 3.21. The molecule has 2 unspecified atom stereocenters. The van der Waals surface area contributed by atoms with Crippen LogP contribution < -0.4 is 5.32 Å². The lowest BCUT2D eigenvalue weighted by molar-refractivity contribution is 0.0566. The zero-order valence-electron chi connectivity index (χ0n) is 9.15. The van der Waals surface area contributed by atoms with Crippen LogP contribution in [0.4, 0.5) is 0 Å². The van der Waals surface area contributed by atoms with Gasteiger partial charge in [0.1, 0.15) is 0 Å². The second-order valence-corrected chi connectivity index (χ2v) is 4.44. The van der Waals surface area contributed by atoms with Crippen LogP contribution >= 0.6 is 0 Å². The molecule has 2 aliphatic rings. The molecule has 0 amide bonds. The number of rotatable bonds is 5. The highest BCUT2D eigenvalue weighted by Crippen LogP contribution is 2.20. The Morgan fingerprint density at radius 2 is 2.07 bits per heavy atom. The van der Waals surface area contributed by atoms with Crippen molar-refractivity contribution < 1.29 is 14.6 Å². The molecule has 4 heteroatoms. The summed E-state index contributed by atoms with van der Waals surface area (Å²) in [5.74, 6) is 0. The van der Waals surface area contributed by atoms with Crippen molar-refractivity contribution in [3.05, 3.63) is 0 Å². The van der Waals surface area contributed by atoms with Crippen molar-refractivity contribution >= 4 is 0 Å². The summed E-state index contributed by atoms with van der Waals surface area (Å²) in [6, 6.07) is 0.0946. The van der Waals surface area contributed by atoms with Gasteiger partial charge < -0.3 is 19.9 Å². The molecule has 0 bridgehead atoms. The zero-order valence-corrected chi connectivity index (χ0v) is 9.15. The fourth-order valence-electron chi connectivity index (χ4n) is 2.26. The van der Waals surface area contributed by atoms with E-state index >= 15 is 0 Å². The van der Waals surface area contributed by atoms with Crippen LogP contribution in [0.2, 0.25) is 0 Å². The van der Waals surface area contributed by atoms with Gasteiger partial charge in [-0.2, -0.15) is 0 Å². The fraction of sp³-hybridized carbons (Fsp3) is 1.00. The van der Waals surface area contributed by atoms with Crippen LogP contribution in [0, 0.1) is 0 Å². The summed E-state index contributed by atoms with van der Waals surface area (Å²) < 4.78 is 10.9. The monoisotopic (exact) mass is 215 g/mol. The molecule has 15 heavy (non-hydrogen) atoms. The molecule has 0 aromatic heterocycles. The Morgan fingerprint density at radius 3 is 2.73 bits per heavy atom. The van der Waals surface area contributed by atoms with E-state index < -0.39 is 0 Å². The molecule has 4 nitrogen and oxygen atoms in total. The maximum Gasteiger partial charge on any atom is 0.0948 e. The summed E-state index contributed by atoms with van der Waals surface area (Å²) in [5.41, 5.74) is 0. The SMILES string of the molecule is OC1COCC1NCCOC1CCCC1. The lowest BCUT2D eigenvalue weighted by Gasteiger charge is -2.16. The predicted octanol–water partition coefficient (Wildman–Crippen LogP) is 0.295. The second-order valence-electron chi connectivity index (χ2n) is 4.44. The number of hydrogen-bond acceptors (Lipinski definition) is 4. The fourth-order valence-corrected chi connectivity index (χ4v) is 2.26. The second kappa shape index (κ2) is 5.80. The third-order valence-corrected chi connectivity index (χ3v) is 3.21. The van der Waals surface area contributed by atoms with E-state index in [0.717, 1.165) is 13.2 Å². The van der Waals surface area contributed by atoms with Crippen molar-refractivity contribution in [1.29, 1.82) is 0 Å². The predicted molar refractivity (Wildman–Crippen MR) is 56.8 cm³/mol. The molecule has 1 aliphatic carbocycles. The van der Waals surface area contributed by atoms with Crippen molar-refractivity contribution in [1.82, 2.24) is 5.32 Å². The molecular formula is C11H21NO3. The summed E-state index contributed by atoms with van der Waals surface area (Å²) in [6.07, 6.45) is 5.19. The van der Waals surface area contributed by atoms with E-state index in [1.54, 1.807) is 0 Å². The lowest BCUT2D eigenvalue weighted by Crippen LogP contribution is -2.40. The van der Waals surface area contributed by atoms with E-state index in [4.69, 9.17) is 9.47 Å². The van der Waals surface area contributed by atoms with Crippen LogP contribution in [0.1, 0.15) is 25.7 Å². The van der Waals surface area contributed by atoms with E-state index in [-0.39, 0.29) is 12.1 Å². The number of aliphatic hydroxyl groups excluding tert-OH is 1. The van der Waals surface area contributed by atoms with Gasteiger partial charge in [0.25, 0.3) is 0 Å². The van der Waals surface area contributed by atoms with Crippen LogP contribution in [0.25, 0.3) is 0 Å². The molecule has 2 rings (SSSR count). The largest absolute Gasteiger partial charge is 0.389 e. The summed E-state index contributed by atoms with van der Waals surface area (Å²) in [5, 5.41) is 12.7. The average Bonchev–Trinajstić information content (AvgIpc) is 2.85. The lowest BCUT2D eigenvalue weighted by atomic mass is 10.2. The molecule has 0 radical (unpaired) electrons. The number of aliphatic hydroxyl groups is 1. The number of hydrogen-bond donors (Lipinski definition) is 2. The smallest absolute Gasteiger partial charge is 0.0948 e. The van der Waals surface area contributed by atoms with Gasteiger partial charge in [0.15, 0.2) is 0 Å². The van der Waals surface area contributed by atoms with E-state index in [2.05, 4.69) is 5.32 Å². The molecule has 2 atom stereocenters. The Balaban J connectivity index is 1.51. The van der Waals surface area contributed by atoms with Crippen LogP contribution in [-0.4, -0.2) is 49.7 Å². The maximum absolute atomic E-state index is 9.47. The molecule has 88 valence electrons. The van der Waals surface area contributed by atoms with Crippen molar-refractivity contribution in [2.75, 3.05) is 26.4 Å². The molecule has 0 aromatic rings. The minimum atomic E-state index is -0.350. The highest BCUT2D eigenvalue weighted by Gasteiger charge is 2.25. The Labute approximate surface area is 90.9 Å². The summed E-state index contributed by atoms with van der Waals surface area (Å²) in [4.78, 5) is 0. The zero-order chi connectivity index (χ0) is 10.5. The first-order valence-corrected chi connectivity index (χ1v) is 5.97. The van der Waals surface area contributed by atoms with Gasteiger partial charge in [-0.05, 0) is 12.8 Å². The van der Waals surface area contributed by atoms with Gasteiger partial charge in [0, 0.05) is 6.54 Å². The molecule has 2 fully saturated rings. The minimum absolute atomic E-state index is 0.0946. The van der Waals surface area contributed by atoms with E-state index in [9.17, 15) is 5.11 Å². The van der Waals surface area contributed by atoms with Gasteiger partial charge in [0.05, 0.1) is 38.1 Å². The molecule has 0 spiro atoms. The van der Waals surface area contributed by atoms with Crippen molar-refractivity contribution in [2.45, 2.75) is 43.9 Å². The summed E-state index contributed by atoms with van der Waals surface area (Å²) in [6.45, 7) is 2.63. The van der Waals surface area contributed by atoms with Gasteiger partial charge in [-0.25, -0.2) is 0 Å². The first kappa shape index (κ1) is 11.3. The van der Waals surface area contributed by atoms with Gasteiger partial charge in [-0.1, -0.05) is 12.8 Å². The highest BCUT2D eigenvalue weighted by molar-refractivity contribution is 4.80. The number of nitrogens with one attached hydrogen (secondary N) is 1. The van der Waals surface area contributed by atoms with Gasteiger partial charge >= 0.3 is 0 Å². The molecule has 1 heterocycles. The number of ether oxygens (including phenoxy) is 2. The molecular weight excluding hydrogens is 194 g/mol. The molecule has 2 N–H and O–H groups in total. The average molecular weight is 215 g/mol. The van der Waals surface area contributed by atoms with E-state index in [1.165, 1.54) is 25.7 Å².